The number of anilines is 2. The zero-order valence-corrected chi connectivity index (χ0v) is 8.98. The Morgan fingerprint density at radius 3 is 2.83 bits per heavy atom. The predicted octanol–water partition coefficient (Wildman–Crippen LogP) is 1.35. The Kier molecular flexibility index (Phi) is 3.05. The van der Waals surface area contributed by atoms with Gasteiger partial charge in [0.15, 0.2) is 5.82 Å². The number of benzene rings is 1. The number of carboxylic acids is 1. The molecule has 0 aliphatic rings. The van der Waals surface area contributed by atoms with Crippen molar-refractivity contribution in [2.45, 2.75) is 0 Å². The van der Waals surface area contributed by atoms with Gasteiger partial charge in [-0.05, 0) is 18.2 Å². The molecule has 6 nitrogen and oxygen atoms in total. The molecule has 0 fully saturated rings. The summed E-state index contributed by atoms with van der Waals surface area (Å²) in [5.74, 6) is -1.83. The SMILES string of the molecule is O=C(O)c1cc(=O)[nH]nc1Nc1cccc(F)c1. The van der Waals surface area contributed by atoms with Crippen molar-refractivity contribution in [3.63, 3.8) is 0 Å². The molecule has 0 atom stereocenters. The number of carboxylic acid groups (broad SMARTS) is 1. The number of H-pyrrole nitrogens is 1. The number of aromatic nitrogens is 2. The molecular formula is C11H8FN3O3. The predicted molar refractivity (Wildman–Crippen MR) is 61.5 cm³/mol. The zero-order chi connectivity index (χ0) is 13.1. The Morgan fingerprint density at radius 2 is 2.17 bits per heavy atom. The van der Waals surface area contributed by atoms with E-state index in [1.165, 1.54) is 18.2 Å². The van der Waals surface area contributed by atoms with Gasteiger partial charge in [-0.25, -0.2) is 14.3 Å². The van der Waals surface area contributed by atoms with Crippen molar-refractivity contribution in [3.05, 3.63) is 52.1 Å². The molecule has 0 amide bonds. The second-order valence-corrected chi connectivity index (χ2v) is 3.43. The smallest absolute Gasteiger partial charge is 0.339 e. The van der Waals surface area contributed by atoms with Gasteiger partial charge in [-0.1, -0.05) is 6.07 Å². The van der Waals surface area contributed by atoms with E-state index in [-0.39, 0.29) is 11.4 Å². The third-order valence-corrected chi connectivity index (χ3v) is 2.13. The average Bonchev–Trinajstić information content (AvgIpc) is 2.31. The van der Waals surface area contributed by atoms with Gasteiger partial charge >= 0.3 is 5.97 Å². The van der Waals surface area contributed by atoms with Crippen molar-refractivity contribution in [1.82, 2.24) is 10.2 Å². The van der Waals surface area contributed by atoms with Crippen LogP contribution in [0.4, 0.5) is 15.9 Å². The molecule has 0 aliphatic carbocycles. The lowest BCUT2D eigenvalue weighted by Crippen LogP contribution is -2.14. The summed E-state index contributed by atoms with van der Waals surface area (Å²) in [4.78, 5) is 21.9. The molecule has 0 unspecified atom stereocenters. The van der Waals surface area contributed by atoms with Crippen LogP contribution in [0.5, 0.6) is 0 Å². The van der Waals surface area contributed by atoms with E-state index in [1.807, 2.05) is 0 Å². The number of rotatable bonds is 3. The minimum atomic E-state index is -1.30. The number of aromatic amines is 1. The molecule has 3 N–H and O–H groups in total. The molecule has 7 heteroatoms. The van der Waals surface area contributed by atoms with Crippen LogP contribution in [0.3, 0.4) is 0 Å². The van der Waals surface area contributed by atoms with Crippen LogP contribution in [0.1, 0.15) is 10.4 Å². The van der Waals surface area contributed by atoms with Crippen molar-refractivity contribution >= 4 is 17.5 Å². The molecule has 0 saturated heterocycles. The van der Waals surface area contributed by atoms with Gasteiger partial charge in [-0.2, -0.15) is 5.10 Å². The Bertz CT molecular complexity index is 654. The van der Waals surface area contributed by atoms with E-state index in [4.69, 9.17) is 5.11 Å². The molecule has 0 saturated carbocycles. The summed E-state index contributed by atoms with van der Waals surface area (Å²) < 4.78 is 13.0. The van der Waals surface area contributed by atoms with E-state index in [0.29, 0.717) is 5.69 Å². The number of nitrogens with zero attached hydrogens (tertiary/aromatic N) is 1. The monoisotopic (exact) mass is 249 g/mol. The van der Waals surface area contributed by atoms with E-state index >= 15 is 0 Å². The number of hydrogen-bond acceptors (Lipinski definition) is 4. The maximum absolute atomic E-state index is 13.0. The Balaban J connectivity index is 2.40. The fraction of sp³-hybridized carbons (Fsp3) is 0. The van der Waals surface area contributed by atoms with Gasteiger partial charge in [-0.3, -0.25) is 4.79 Å². The Morgan fingerprint density at radius 1 is 1.39 bits per heavy atom. The highest BCUT2D eigenvalue weighted by atomic mass is 19.1. The number of carbonyl (C=O) groups is 1. The van der Waals surface area contributed by atoms with Gasteiger partial charge < -0.3 is 10.4 Å². The lowest BCUT2D eigenvalue weighted by molar-refractivity contribution is 0.0697. The first-order valence-electron chi connectivity index (χ1n) is 4.92. The molecular weight excluding hydrogens is 241 g/mol. The summed E-state index contributed by atoms with van der Waals surface area (Å²) in [7, 11) is 0. The van der Waals surface area contributed by atoms with Gasteiger partial charge in [0.25, 0.3) is 5.56 Å². The summed E-state index contributed by atoms with van der Waals surface area (Å²) >= 11 is 0. The normalized spacial score (nSPS) is 10.1. The van der Waals surface area contributed by atoms with Gasteiger partial charge in [0.05, 0.1) is 0 Å². The highest BCUT2D eigenvalue weighted by Crippen LogP contribution is 2.17. The first kappa shape index (κ1) is 11.8. The van der Waals surface area contributed by atoms with E-state index in [0.717, 1.165) is 6.07 Å². The van der Waals surface area contributed by atoms with Crippen LogP contribution in [0.25, 0.3) is 0 Å². The average molecular weight is 249 g/mol. The van der Waals surface area contributed by atoms with E-state index in [9.17, 15) is 14.0 Å². The standard InChI is InChI=1S/C11H8FN3O3/c12-6-2-1-3-7(4-6)13-10-8(11(17)18)5-9(16)14-15-10/h1-5H,(H,13,15)(H,14,16)(H,17,18). The van der Waals surface area contributed by atoms with Crippen molar-refractivity contribution in [2.75, 3.05) is 5.32 Å². The van der Waals surface area contributed by atoms with Gasteiger partial charge in [0, 0.05) is 11.8 Å². The van der Waals surface area contributed by atoms with Crippen molar-refractivity contribution in [3.8, 4) is 0 Å². The van der Waals surface area contributed by atoms with Gasteiger partial charge in [0.1, 0.15) is 11.4 Å². The quantitative estimate of drug-likeness (QED) is 0.763. The van der Waals surface area contributed by atoms with Gasteiger partial charge in [-0.15, -0.1) is 0 Å². The fourth-order valence-corrected chi connectivity index (χ4v) is 1.36. The summed E-state index contributed by atoms with van der Waals surface area (Å²) in [6.45, 7) is 0. The maximum atomic E-state index is 13.0. The van der Waals surface area contributed by atoms with Crippen LogP contribution in [-0.2, 0) is 0 Å². The zero-order valence-electron chi connectivity index (χ0n) is 8.98. The molecule has 0 aliphatic heterocycles. The lowest BCUT2D eigenvalue weighted by atomic mass is 10.2. The van der Waals surface area contributed by atoms with E-state index < -0.39 is 17.3 Å². The minimum absolute atomic E-state index is 0.0623. The summed E-state index contributed by atoms with van der Waals surface area (Å²) in [6, 6.07) is 6.34. The molecule has 18 heavy (non-hydrogen) atoms. The highest BCUT2D eigenvalue weighted by Gasteiger charge is 2.12. The largest absolute Gasteiger partial charge is 0.478 e. The molecule has 0 bridgehead atoms. The van der Waals surface area contributed by atoms with Crippen LogP contribution in [0, 0.1) is 5.82 Å². The lowest BCUT2D eigenvalue weighted by Gasteiger charge is -2.07. The van der Waals surface area contributed by atoms with Crippen LogP contribution in [-0.4, -0.2) is 21.3 Å². The van der Waals surface area contributed by atoms with E-state index in [2.05, 4.69) is 15.5 Å². The highest BCUT2D eigenvalue weighted by molar-refractivity contribution is 5.93. The number of hydrogen-bond donors (Lipinski definition) is 3. The third-order valence-electron chi connectivity index (χ3n) is 2.13. The Hall–Kier alpha value is -2.70. The van der Waals surface area contributed by atoms with Crippen LogP contribution < -0.4 is 10.9 Å². The first-order valence-corrected chi connectivity index (χ1v) is 4.92. The maximum Gasteiger partial charge on any atom is 0.339 e. The number of halogens is 1. The van der Waals surface area contributed by atoms with Crippen molar-refractivity contribution in [2.24, 2.45) is 0 Å². The first-order chi connectivity index (χ1) is 8.56. The fourth-order valence-electron chi connectivity index (χ4n) is 1.36. The number of nitrogens with one attached hydrogen (secondary N) is 2. The minimum Gasteiger partial charge on any atom is -0.478 e. The topological polar surface area (TPSA) is 95.1 Å². The van der Waals surface area contributed by atoms with Crippen LogP contribution in [0.15, 0.2) is 35.1 Å². The molecule has 1 heterocycles. The molecule has 2 rings (SSSR count). The molecule has 1 aromatic carbocycles. The molecule has 92 valence electrons. The van der Waals surface area contributed by atoms with Crippen molar-refractivity contribution in [1.29, 1.82) is 0 Å². The summed E-state index contributed by atoms with van der Waals surface area (Å²) in [6.07, 6.45) is 0. The molecule has 2 aromatic rings. The van der Waals surface area contributed by atoms with E-state index in [1.54, 1.807) is 6.07 Å². The van der Waals surface area contributed by atoms with Crippen LogP contribution in [0.2, 0.25) is 0 Å². The third kappa shape index (κ3) is 2.51. The molecule has 1 aromatic heterocycles. The number of aromatic carboxylic acids is 1. The summed E-state index contributed by atoms with van der Waals surface area (Å²) in [5, 5.41) is 17.2. The molecule has 0 radical (unpaired) electrons. The second kappa shape index (κ2) is 4.66. The van der Waals surface area contributed by atoms with Crippen molar-refractivity contribution < 1.29 is 14.3 Å². The van der Waals surface area contributed by atoms with Crippen LogP contribution >= 0.6 is 0 Å². The molecule has 0 spiro atoms. The Labute approximate surface area is 100 Å². The van der Waals surface area contributed by atoms with Gasteiger partial charge in [0.2, 0.25) is 0 Å². The second-order valence-electron chi connectivity index (χ2n) is 3.43. The summed E-state index contributed by atoms with van der Waals surface area (Å²) in [5.41, 5.74) is -0.586.